The maximum absolute atomic E-state index is 11.7. The number of rotatable bonds is 6. The average Bonchev–Trinajstić information content (AvgIpc) is 3.13. The topological polar surface area (TPSA) is 127 Å². The monoisotopic (exact) mass is 375 g/mol. The molecule has 28 heavy (non-hydrogen) atoms. The average molecular weight is 375 g/mol. The lowest BCUT2D eigenvalue weighted by Gasteiger charge is -2.06. The van der Waals surface area contributed by atoms with Gasteiger partial charge in [-0.2, -0.15) is 5.10 Å². The summed E-state index contributed by atoms with van der Waals surface area (Å²) in [4.78, 5) is 33.6. The lowest BCUT2D eigenvalue weighted by atomic mass is 10.1. The fraction of sp³-hybridized carbons (Fsp3) is 0. The number of carboxylic acid groups (broad SMARTS) is 2. The quantitative estimate of drug-likeness (QED) is 0.611. The second kappa shape index (κ2) is 8.00. The molecule has 0 unspecified atom stereocenters. The summed E-state index contributed by atoms with van der Waals surface area (Å²) in [7, 11) is 0. The lowest BCUT2D eigenvalue weighted by molar-refractivity contribution is -0.297. The first-order valence-corrected chi connectivity index (χ1v) is 8.11. The van der Waals surface area contributed by atoms with E-state index in [1.54, 1.807) is 42.5 Å². The van der Waals surface area contributed by atoms with Crippen LogP contribution in [0.4, 0.5) is 5.69 Å². The summed E-state index contributed by atoms with van der Waals surface area (Å²) >= 11 is 0. The van der Waals surface area contributed by atoms with Crippen molar-refractivity contribution in [1.29, 1.82) is 0 Å². The molecule has 0 saturated carbocycles. The fourth-order valence-electron chi connectivity index (χ4n) is 2.52. The van der Waals surface area contributed by atoms with Crippen LogP contribution in [0.1, 0.15) is 10.4 Å². The Morgan fingerprint density at radius 1 is 0.964 bits per heavy atom. The van der Waals surface area contributed by atoms with Crippen molar-refractivity contribution in [3.05, 3.63) is 78.5 Å². The standard InChI is InChI=1S/C20H15N3O5/c24-17(9-10-18(25)26)21-14-6-4-5-13(11-14)19-16(20(27)28)12-23(22-19)15-7-2-1-3-8-15/h1-12H,(H,21,24)(H,25,26)(H,27,28)/p-2/b10-9+. The Hall–Kier alpha value is -4.20. The molecule has 0 aliphatic heterocycles. The van der Waals surface area contributed by atoms with Gasteiger partial charge in [0.25, 0.3) is 0 Å². The van der Waals surface area contributed by atoms with Crippen LogP contribution >= 0.6 is 0 Å². The van der Waals surface area contributed by atoms with Crippen LogP contribution in [-0.4, -0.2) is 27.6 Å². The van der Waals surface area contributed by atoms with E-state index in [4.69, 9.17) is 0 Å². The van der Waals surface area contributed by atoms with Crippen LogP contribution in [0, 0.1) is 0 Å². The third-order valence-corrected chi connectivity index (χ3v) is 3.73. The summed E-state index contributed by atoms with van der Waals surface area (Å²) in [5.74, 6) is -3.55. The number of para-hydroxylation sites is 1. The van der Waals surface area contributed by atoms with Gasteiger partial charge in [-0.05, 0) is 30.3 Å². The number of hydrogen-bond acceptors (Lipinski definition) is 6. The largest absolute Gasteiger partial charge is 0.545 e. The maximum atomic E-state index is 11.7. The summed E-state index contributed by atoms with van der Waals surface area (Å²) in [6.07, 6.45) is 2.78. The molecule has 0 fully saturated rings. The van der Waals surface area contributed by atoms with Gasteiger partial charge >= 0.3 is 0 Å². The normalized spacial score (nSPS) is 10.7. The van der Waals surface area contributed by atoms with Crippen LogP contribution in [0.5, 0.6) is 0 Å². The fourth-order valence-corrected chi connectivity index (χ4v) is 2.52. The summed E-state index contributed by atoms with van der Waals surface area (Å²) in [6.45, 7) is 0. The predicted octanol–water partition coefficient (Wildman–Crippen LogP) is 0.147. The van der Waals surface area contributed by atoms with Crippen molar-refractivity contribution in [3.8, 4) is 16.9 Å². The summed E-state index contributed by atoms with van der Waals surface area (Å²) < 4.78 is 1.42. The van der Waals surface area contributed by atoms with Gasteiger partial charge in [0.2, 0.25) is 5.91 Å². The summed E-state index contributed by atoms with van der Waals surface area (Å²) in [6, 6.07) is 15.3. The number of nitrogens with zero attached hydrogens (tertiary/aromatic N) is 2. The Labute approximate surface area is 159 Å². The molecular weight excluding hydrogens is 362 g/mol. The molecule has 0 aliphatic rings. The molecule has 8 nitrogen and oxygen atoms in total. The van der Waals surface area contributed by atoms with Gasteiger partial charge in [0, 0.05) is 29.1 Å². The van der Waals surface area contributed by atoms with Crippen LogP contribution in [0.2, 0.25) is 0 Å². The molecule has 3 aromatic rings. The molecular formula is C20H13N3O5-2. The third kappa shape index (κ3) is 4.31. The van der Waals surface area contributed by atoms with Gasteiger partial charge in [0.15, 0.2) is 0 Å². The molecule has 1 amide bonds. The number of aromatic carboxylic acids is 1. The highest BCUT2D eigenvalue weighted by Gasteiger charge is 2.14. The predicted molar refractivity (Wildman–Crippen MR) is 96.1 cm³/mol. The number of carbonyl (C=O) groups is 3. The third-order valence-electron chi connectivity index (χ3n) is 3.73. The van der Waals surface area contributed by atoms with Crippen LogP contribution in [0.15, 0.2) is 72.9 Å². The molecule has 8 heteroatoms. The Morgan fingerprint density at radius 2 is 1.71 bits per heavy atom. The SMILES string of the molecule is O=C([O-])/C=C/C(=O)Nc1cccc(-c2nn(-c3ccccc3)cc2C(=O)[O-])c1. The number of aliphatic carboxylic acids is 1. The van der Waals surface area contributed by atoms with Gasteiger partial charge in [0.05, 0.1) is 17.6 Å². The van der Waals surface area contributed by atoms with Crippen molar-refractivity contribution in [3.63, 3.8) is 0 Å². The van der Waals surface area contributed by atoms with Crippen molar-refractivity contribution >= 4 is 23.5 Å². The molecule has 0 aliphatic carbocycles. The van der Waals surface area contributed by atoms with E-state index >= 15 is 0 Å². The van der Waals surface area contributed by atoms with Crippen molar-refractivity contribution in [2.75, 3.05) is 5.32 Å². The molecule has 2 aromatic carbocycles. The van der Waals surface area contributed by atoms with Crippen LogP contribution in [0.25, 0.3) is 16.9 Å². The lowest BCUT2D eigenvalue weighted by Crippen LogP contribution is -2.22. The summed E-state index contributed by atoms with van der Waals surface area (Å²) in [5, 5.41) is 28.7. The van der Waals surface area contributed by atoms with Crippen LogP contribution in [-0.2, 0) is 9.59 Å². The van der Waals surface area contributed by atoms with Crippen molar-refractivity contribution < 1.29 is 24.6 Å². The molecule has 0 saturated heterocycles. The molecule has 3 rings (SSSR count). The Bertz CT molecular complexity index is 1070. The number of aromatic nitrogens is 2. The van der Waals surface area contributed by atoms with E-state index in [2.05, 4.69) is 10.4 Å². The zero-order valence-electron chi connectivity index (χ0n) is 14.4. The van der Waals surface area contributed by atoms with Crippen LogP contribution < -0.4 is 15.5 Å². The van der Waals surface area contributed by atoms with Gasteiger partial charge in [-0.25, -0.2) is 4.68 Å². The Kier molecular flexibility index (Phi) is 5.31. The highest BCUT2D eigenvalue weighted by molar-refractivity contribution is 6.02. The minimum Gasteiger partial charge on any atom is -0.545 e. The van der Waals surface area contributed by atoms with E-state index in [9.17, 15) is 24.6 Å². The molecule has 0 bridgehead atoms. The highest BCUT2D eigenvalue weighted by atomic mass is 16.4. The number of carboxylic acids is 2. The van der Waals surface area contributed by atoms with Crippen molar-refractivity contribution in [2.45, 2.75) is 0 Å². The number of carbonyl (C=O) groups excluding carboxylic acids is 3. The Balaban J connectivity index is 1.95. The molecule has 1 N–H and O–H groups in total. The van der Waals surface area contributed by atoms with Crippen molar-refractivity contribution in [1.82, 2.24) is 9.78 Å². The van der Waals surface area contributed by atoms with E-state index in [1.165, 1.54) is 16.9 Å². The van der Waals surface area contributed by atoms with Gasteiger partial charge in [-0.1, -0.05) is 30.3 Å². The first-order valence-electron chi connectivity index (χ1n) is 8.11. The van der Waals surface area contributed by atoms with Crippen molar-refractivity contribution in [2.24, 2.45) is 0 Å². The van der Waals surface area contributed by atoms with Gasteiger partial charge in [-0.15, -0.1) is 0 Å². The van der Waals surface area contributed by atoms with E-state index < -0.39 is 17.8 Å². The van der Waals surface area contributed by atoms with E-state index in [0.29, 0.717) is 23.0 Å². The van der Waals surface area contributed by atoms with E-state index in [0.717, 1.165) is 6.08 Å². The minimum absolute atomic E-state index is 0.107. The molecule has 140 valence electrons. The molecule has 1 heterocycles. The zero-order valence-corrected chi connectivity index (χ0v) is 14.4. The van der Waals surface area contributed by atoms with Gasteiger partial charge < -0.3 is 25.1 Å². The number of nitrogens with one attached hydrogen (secondary N) is 1. The molecule has 1 aromatic heterocycles. The number of benzene rings is 2. The zero-order chi connectivity index (χ0) is 20.1. The second-order valence-electron chi connectivity index (χ2n) is 5.68. The van der Waals surface area contributed by atoms with E-state index in [-0.39, 0.29) is 11.3 Å². The highest BCUT2D eigenvalue weighted by Crippen LogP contribution is 2.26. The number of anilines is 1. The second-order valence-corrected chi connectivity index (χ2v) is 5.68. The van der Waals surface area contributed by atoms with Gasteiger partial charge in [-0.3, -0.25) is 4.79 Å². The summed E-state index contributed by atoms with van der Waals surface area (Å²) in [5.41, 5.74) is 1.52. The van der Waals surface area contributed by atoms with Gasteiger partial charge in [0.1, 0.15) is 5.69 Å². The Morgan fingerprint density at radius 3 is 2.39 bits per heavy atom. The number of hydrogen-bond donors (Lipinski definition) is 1. The minimum atomic E-state index is -1.49. The van der Waals surface area contributed by atoms with E-state index in [1.807, 2.05) is 6.07 Å². The molecule has 0 radical (unpaired) electrons. The van der Waals surface area contributed by atoms with Crippen LogP contribution in [0.3, 0.4) is 0 Å². The first kappa shape index (κ1) is 18.6. The smallest absolute Gasteiger partial charge is 0.248 e. The maximum Gasteiger partial charge on any atom is 0.248 e. The molecule has 0 spiro atoms. The number of amides is 1. The molecule has 0 atom stereocenters. The first-order chi connectivity index (χ1) is 13.4.